The Morgan fingerprint density at radius 1 is 0.788 bits per heavy atom. The number of hydrogen-bond donors (Lipinski definition) is 2. The molecule has 0 saturated carbocycles. The van der Waals surface area contributed by atoms with Gasteiger partial charge in [0.25, 0.3) is 0 Å². The van der Waals surface area contributed by atoms with E-state index in [4.69, 9.17) is 9.47 Å². The Bertz CT molecular complexity index is 1150. The summed E-state index contributed by atoms with van der Waals surface area (Å²) in [6.07, 6.45) is 1.92. The third-order valence-corrected chi connectivity index (χ3v) is 7.08. The van der Waals surface area contributed by atoms with E-state index < -0.39 is 5.60 Å². The summed E-state index contributed by atoms with van der Waals surface area (Å²) in [6.45, 7) is 4.31. The largest absolute Gasteiger partial charge is 0.456 e. The second-order valence-corrected chi connectivity index (χ2v) is 8.73. The second-order valence-electron chi connectivity index (χ2n) is 8.73. The lowest BCUT2D eigenvalue weighted by Crippen LogP contribution is -2.33. The first-order valence-corrected chi connectivity index (χ1v) is 11.7. The van der Waals surface area contributed by atoms with Crippen LogP contribution in [0.2, 0.25) is 0 Å². The Hall–Kier alpha value is -3.15. The molecule has 0 aromatic heterocycles. The lowest BCUT2D eigenvalue weighted by atomic mass is 9.77. The minimum Gasteiger partial charge on any atom is -0.456 e. The first kappa shape index (κ1) is 21.7. The van der Waals surface area contributed by atoms with Crippen molar-refractivity contribution in [3.8, 4) is 11.5 Å². The van der Waals surface area contributed by atoms with Crippen LogP contribution in [0.1, 0.15) is 76.9 Å². The topological polar surface area (TPSA) is 59.6 Å². The molecule has 2 aliphatic heterocycles. The molecule has 2 heterocycles. The third kappa shape index (κ3) is 3.18. The fourth-order valence-electron chi connectivity index (χ4n) is 5.36. The van der Waals surface area contributed by atoms with Crippen LogP contribution in [0, 0.1) is 0 Å². The molecule has 0 fully saturated rings. The molecule has 2 N–H and O–H groups in total. The van der Waals surface area contributed by atoms with Crippen molar-refractivity contribution in [3.63, 3.8) is 0 Å². The Morgan fingerprint density at radius 3 is 1.85 bits per heavy atom. The van der Waals surface area contributed by atoms with Crippen LogP contribution in [0.25, 0.3) is 0 Å². The van der Waals surface area contributed by atoms with E-state index in [1.165, 1.54) is 0 Å². The molecule has 1 spiro atoms. The number of benzene rings is 3. The normalized spacial score (nSPS) is 19.8. The molecule has 170 valence electrons. The molecule has 5 heteroatoms. The molecule has 3 aromatic carbocycles. The van der Waals surface area contributed by atoms with E-state index in [0.717, 1.165) is 52.2 Å². The molecule has 2 unspecified atom stereocenters. The molecule has 0 aliphatic carbocycles. The lowest BCUT2D eigenvalue weighted by Gasteiger charge is -2.37. The van der Waals surface area contributed by atoms with Crippen LogP contribution >= 0.6 is 0 Å². The highest BCUT2D eigenvalue weighted by molar-refractivity contribution is 5.97. The van der Waals surface area contributed by atoms with Crippen molar-refractivity contribution < 1.29 is 14.3 Å². The summed E-state index contributed by atoms with van der Waals surface area (Å²) < 4.78 is 12.8. The summed E-state index contributed by atoms with van der Waals surface area (Å²) in [6, 6.07) is 20.6. The number of hydrogen-bond acceptors (Lipinski definition) is 5. The average molecular weight is 443 g/mol. The first-order valence-electron chi connectivity index (χ1n) is 11.7. The average Bonchev–Trinajstić information content (AvgIpc) is 3.13. The van der Waals surface area contributed by atoms with Gasteiger partial charge in [0.05, 0.1) is 5.56 Å². The van der Waals surface area contributed by atoms with Gasteiger partial charge in [-0.05, 0) is 56.3 Å². The first-order chi connectivity index (χ1) is 16.1. The maximum Gasteiger partial charge on any atom is 0.340 e. The highest BCUT2D eigenvalue weighted by atomic mass is 16.6. The van der Waals surface area contributed by atoms with E-state index in [-0.39, 0.29) is 18.1 Å². The number of ether oxygens (including phenoxy) is 2. The van der Waals surface area contributed by atoms with Crippen molar-refractivity contribution >= 4 is 5.97 Å². The predicted molar refractivity (Wildman–Crippen MR) is 129 cm³/mol. The Kier molecular flexibility index (Phi) is 5.47. The summed E-state index contributed by atoms with van der Waals surface area (Å²) in [5, 5.41) is 6.74. The minimum atomic E-state index is -1.02. The van der Waals surface area contributed by atoms with Crippen LogP contribution in [0.15, 0.2) is 60.7 Å². The van der Waals surface area contributed by atoms with E-state index >= 15 is 0 Å². The Labute approximate surface area is 195 Å². The van der Waals surface area contributed by atoms with Gasteiger partial charge in [-0.1, -0.05) is 56.3 Å². The highest BCUT2D eigenvalue weighted by Gasteiger charge is 2.53. The number of carbonyl (C=O) groups is 1. The molecule has 0 saturated heterocycles. The van der Waals surface area contributed by atoms with Gasteiger partial charge >= 0.3 is 5.97 Å². The van der Waals surface area contributed by atoms with Crippen molar-refractivity contribution in [2.45, 2.75) is 44.4 Å². The summed E-state index contributed by atoms with van der Waals surface area (Å²) in [7, 11) is 3.93. The van der Waals surface area contributed by atoms with Crippen LogP contribution in [0.4, 0.5) is 0 Å². The van der Waals surface area contributed by atoms with Crippen LogP contribution in [-0.4, -0.2) is 20.1 Å². The van der Waals surface area contributed by atoms with Crippen molar-refractivity contribution in [2.24, 2.45) is 0 Å². The van der Waals surface area contributed by atoms with Gasteiger partial charge in [-0.3, -0.25) is 0 Å². The number of esters is 1. The molecule has 3 aromatic rings. The molecule has 5 nitrogen and oxygen atoms in total. The zero-order valence-electron chi connectivity index (χ0n) is 19.6. The lowest BCUT2D eigenvalue weighted by molar-refractivity contribution is 0.0224. The Balaban J connectivity index is 1.76. The summed E-state index contributed by atoms with van der Waals surface area (Å²) in [4.78, 5) is 13.0. The van der Waals surface area contributed by atoms with Crippen LogP contribution in [0.5, 0.6) is 11.5 Å². The smallest absolute Gasteiger partial charge is 0.340 e. The fourth-order valence-corrected chi connectivity index (χ4v) is 5.36. The van der Waals surface area contributed by atoms with E-state index in [1.807, 2.05) is 38.4 Å². The van der Waals surface area contributed by atoms with E-state index in [1.54, 1.807) is 0 Å². The van der Waals surface area contributed by atoms with Gasteiger partial charge in [-0.2, -0.15) is 0 Å². The molecular formula is C28H30N2O3. The van der Waals surface area contributed by atoms with Crippen LogP contribution in [-0.2, 0) is 10.3 Å². The van der Waals surface area contributed by atoms with Crippen LogP contribution in [0.3, 0.4) is 0 Å². The van der Waals surface area contributed by atoms with E-state index in [9.17, 15) is 4.79 Å². The van der Waals surface area contributed by atoms with Gasteiger partial charge in [0.15, 0.2) is 5.60 Å². The standard InChI is InChI=1S/C28H30N2O3/c1-5-23(29-3)17-11-13-21-25(15-17)32-26-16-18(24(6-2)30-4)12-14-22(26)28(21)20-10-8-7-9-19(20)27(31)33-28/h7-16,23-24,29-30H,5-6H2,1-4H3. The second kappa shape index (κ2) is 8.32. The minimum absolute atomic E-state index is 0.217. The predicted octanol–water partition coefficient (Wildman–Crippen LogP) is 5.60. The van der Waals surface area contributed by atoms with Gasteiger partial charge in [0.2, 0.25) is 0 Å². The van der Waals surface area contributed by atoms with Crippen molar-refractivity contribution in [2.75, 3.05) is 14.1 Å². The van der Waals surface area contributed by atoms with Gasteiger partial charge in [-0.15, -0.1) is 0 Å². The van der Waals surface area contributed by atoms with Crippen LogP contribution < -0.4 is 15.4 Å². The third-order valence-electron chi connectivity index (χ3n) is 7.08. The fraction of sp³-hybridized carbons (Fsp3) is 0.321. The summed E-state index contributed by atoms with van der Waals surface area (Å²) in [5.74, 6) is 1.15. The number of nitrogens with one attached hydrogen (secondary N) is 2. The van der Waals surface area contributed by atoms with Gasteiger partial charge < -0.3 is 20.1 Å². The number of carbonyl (C=O) groups excluding carboxylic acids is 1. The molecule has 2 atom stereocenters. The van der Waals surface area contributed by atoms with Gasteiger partial charge in [-0.25, -0.2) is 4.79 Å². The molecule has 33 heavy (non-hydrogen) atoms. The van der Waals surface area contributed by atoms with Crippen molar-refractivity contribution in [1.82, 2.24) is 10.6 Å². The number of rotatable bonds is 6. The molecule has 0 radical (unpaired) electrons. The molecule has 0 amide bonds. The summed E-state index contributed by atoms with van der Waals surface area (Å²) in [5.41, 5.74) is 4.46. The summed E-state index contributed by atoms with van der Waals surface area (Å²) >= 11 is 0. The maximum atomic E-state index is 13.0. The molecular weight excluding hydrogens is 412 g/mol. The molecule has 2 aliphatic rings. The zero-order valence-corrected chi connectivity index (χ0v) is 19.6. The monoisotopic (exact) mass is 442 g/mol. The quantitative estimate of drug-likeness (QED) is 0.487. The number of fused-ring (bicyclic) bond motifs is 6. The Morgan fingerprint density at radius 2 is 1.33 bits per heavy atom. The molecule has 0 bridgehead atoms. The van der Waals surface area contributed by atoms with Crippen molar-refractivity contribution in [1.29, 1.82) is 0 Å². The van der Waals surface area contributed by atoms with Gasteiger partial charge in [0.1, 0.15) is 11.5 Å². The van der Waals surface area contributed by atoms with Gasteiger partial charge in [0, 0.05) is 28.8 Å². The maximum absolute atomic E-state index is 13.0. The SMILES string of the molecule is CCC(NC)c1ccc2c(c1)Oc1cc(C(CC)NC)ccc1C21OC(=O)c2ccccc21. The molecule has 5 rings (SSSR count). The highest BCUT2D eigenvalue weighted by Crippen LogP contribution is 2.56. The van der Waals surface area contributed by atoms with Crippen molar-refractivity contribution in [3.05, 3.63) is 94.0 Å². The zero-order chi connectivity index (χ0) is 23.2. The van der Waals surface area contributed by atoms with E-state index in [0.29, 0.717) is 5.56 Å². The van der Waals surface area contributed by atoms with E-state index in [2.05, 4.69) is 60.9 Å².